The summed E-state index contributed by atoms with van der Waals surface area (Å²) in [6, 6.07) is -0.0258. The van der Waals surface area contributed by atoms with Gasteiger partial charge >= 0.3 is 0 Å². The van der Waals surface area contributed by atoms with Crippen molar-refractivity contribution in [1.82, 2.24) is 15.1 Å². The Hall–Kier alpha value is -0.650. The molecule has 2 rings (SSSR count). The number of hydrogen-bond acceptors (Lipinski definition) is 4. The second-order valence-corrected chi connectivity index (χ2v) is 5.67. The topological polar surface area (TPSA) is 55.8 Å². The van der Waals surface area contributed by atoms with Crippen LogP contribution >= 0.6 is 0 Å². The van der Waals surface area contributed by atoms with Crippen LogP contribution in [0.5, 0.6) is 0 Å². The van der Waals surface area contributed by atoms with Gasteiger partial charge in [-0.25, -0.2) is 0 Å². The van der Waals surface area contributed by atoms with Crippen LogP contribution in [0.3, 0.4) is 0 Å². The van der Waals surface area contributed by atoms with E-state index in [0.29, 0.717) is 5.92 Å². The maximum absolute atomic E-state index is 12.3. The smallest absolute Gasteiger partial charge is 0.239 e. The molecule has 0 aromatic carbocycles. The van der Waals surface area contributed by atoms with E-state index in [1.54, 1.807) is 0 Å². The maximum Gasteiger partial charge on any atom is 0.239 e. The number of likely N-dealkylation sites (N-methyl/N-ethyl adjacent to an activating group) is 1. The predicted octanol–water partition coefficient (Wildman–Crippen LogP) is -0.491. The first-order valence-corrected chi connectivity index (χ1v) is 6.95. The van der Waals surface area contributed by atoms with Gasteiger partial charge in [0.25, 0.3) is 0 Å². The van der Waals surface area contributed by atoms with E-state index in [-0.39, 0.29) is 18.1 Å². The lowest BCUT2D eigenvalue weighted by Crippen LogP contribution is -2.53. The van der Waals surface area contributed by atoms with E-state index in [2.05, 4.69) is 10.2 Å². The summed E-state index contributed by atoms with van der Waals surface area (Å²) in [4.78, 5) is 16.4. The number of nitrogens with zero attached hydrogens (tertiary/aromatic N) is 2. The third-order valence-electron chi connectivity index (χ3n) is 4.18. The minimum Gasteiger partial charge on any atom is -0.393 e. The van der Waals surface area contributed by atoms with Crippen LogP contribution in [0.15, 0.2) is 0 Å². The van der Waals surface area contributed by atoms with Crippen molar-refractivity contribution >= 4 is 5.91 Å². The number of rotatable bonds is 4. The second-order valence-electron chi connectivity index (χ2n) is 5.67. The Kier molecular flexibility index (Phi) is 4.59. The van der Waals surface area contributed by atoms with E-state index >= 15 is 0 Å². The molecule has 2 aliphatic rings. The molecule has 0 aromatic rings. The molecule has 1 amide bonds. The summed E-state index contributed by atoms with van der Waals surface area (Å²) >= 11 is 0. The van der Waals surface area contributed by atoms with Crippen LogP contribution in [0.4, 0.5) is 0 Å². The molecule has 0 aromatic heterocycles. The quantitative estimate of drug-likeness (QED) is 0.712. The number of piperazine rings is 1. The number of hydrogen-bond donors (Lipinski definition) is 2. The van der Waals surface area contributed by atoms with Crippen molar-refractivity contribution in [3.05, 3.63) is 0 Å². The van der Waals surface area contributed by atoms with Crippen LogP contribution < -0.4 is 5.32 Å². The highest BCUT2D eigenvalue weighted by Crippen LogP contribution is 2.27. The summed E-state index contributed by atoms with van der Waals surface area (Å²) in [5, 5.41) is 12.6. The molecule has 2 fully saturated rings. The highest BCUT2D eigenvalue weighted by atomic mass is 16.3. The zero-order valence-electron chi connectivity index (χ0n) is 11.4. The first kappa shape index (κ1) is 13.8. The monoisotopic (exact) mass is 255 g/mol. The fourth-order valence-electron chi connectivity index (χ4n) is 2.87. The van der Waals surface area contributed by atoms with E-state index in [4.69, 9.17) is 0 Å². The van der Waals surface area contributed by atoms with Gasteiger partial charge in [0.15, 0.2) is 0 Å². The van der Waals surface area contributed by atoms with Gasteiger partial charge < -0.3 is 15.3 Å². The molecule has 104 valence electrons. The van der Waals surface area contributed by atoms with Gasteiger partial charge in [0, 0.05) is 39.8 Å². The maximum atomic E-state index is 12.3. The van der Waals surface area contributed by atoms with Crippen LogP contribution in [-0.4, -0.2) is 72.7 Å². The molecule has 5 nitrogen and oxygen atoms in total. The van der Waals surface area contributed by atoms with E-state index in [1.807, 2.05) is 18.9 Å². The Morgan fingerprint density at radius 1 is 1.44 bits per heavy atom. The molecule has 18 heavy (non-hydrogen) atoms. The van der Waals surface area contributed by atoms with E-state index in [1.165, 1.54) is 0 Å². The van der Waals surface area contributed by atoms with Crippen LogP contribution in [0.2, 0.25) is 0 Å². The van der Waals surface area contributed by atoms with Crippen molar-refractivity contribution in [1.29, 1.82) is 0 Å². The molecule has 2 N–H and O–H groups in total. The van der Waals surface area contributed by atoms with Crippen LogP contribution in [0, 0.1) is 5.92 Å². The Labute approximate surface area is 109 Å². The molecule has 1 atom stereocenters. The Morgan fingerprint density at radius 3 is 2.61 bits per heavy atom. The van der Waals surface area contributed by atoms with Crippen LogP contribution in [0.25, 0.3) is 0 Å². The number of carbonyl (C=O) groups is 1. The third-order valence-corrected chi connectivity index (χ3v) is 4.18. The average molecular weight is 255 g/mol. The molecule has 1 saturated heterocycles. The lowest BCUT2D eigenvalue weighted by atomic mass is 9.82. The molecule has 5 heteroatoms. The van der Waals surface area contributed by atoms with Crippen molar-refractivity contribution < 1.29 is 9.90 Å². The van der Waals surface area contributed by atoms with E-state index < -0.39 is 0 Å². The summed E-state index contributed by atoms with van der Waals surface area (Å²) in [5.41, 5.74) is 0. The first-order valence-electron chi connectivity index (χ1n) is 6.95. The average Bonchev–Trinajstić information content (AvgIpc) is 2.36. The van der Waals surface area contributed by atoms with Crippen molar-refractivity contribution in [3.8, 4) is 0 Å². The lowest BCUT2D eigenvalue weighted by Gasteiger charge is -2.37. The van der Waals surface area contributed by atoms with Gasteiger partial charge in [-0.2, -0.15) is 0 Å². The van der Waals surface area contributed by atoms with Gasteiger partial charge in [-0.05, 0) is 25.7 Å². The molecule has 0 radical (unpaired) electrons. The van der Waals surface area contributed by atoms with Gasteiger partial charge in [-0.3, -0.25) is 9.69 Å². The standard InChI is InChI=1S/C13H25N3O2/c1-10(16-5-3-14-4-6-16)13(18)15(2)9-11-7-12(17)8-11/h10-12,14,17H,3-9H2,1-2H3. The van der Waals surface area contributed by atoms with Crippen LogP contribution in [0.1, 0.15) is 19.8 Å². The molecule has 1 saturated carbocycles. The number of aliphatic hydroxyl groups is 1. The van der Waals surface area contributed by atoms with Gasteiger partial charge in [-0.15, -0.1) is 0 Å². The zero-order chi connectivity index (χ0) is 13.1. The van der Waals surface area contributed by atoms with Gasteiger partial charge in [-0.1, -0.05) is 0 Å². The highest BCUT2D eigenvalue weighted by Gasteiger charge is 2.31. The predicted molar refractivity (Wildman–Crippen MR) is 70.3 cm³/mol. The number of nitrogens with one attached hydrogen (secondary N) is 1. The van der Waals surface area contributed by atoms with Gasteiger partial charge in [0.1, 0.15) is 0 Å². The summed E-state index contributed by atoms with van der Waals surface area (Å²) in [5.74, 6) is 0.697. The Balaban J connectivity index is 1.77. The molecule has 0 bridgehead atoms. The minimum atomic E-state index is -0.135. The van der Waals surface area contributed by atoms with Crippen molar-refractivity contribution in [2.75, 3.05) is 39.8 Å². The van der Waals surface area contributed by atoms with Gasteiger partial charge in [0.2, 0.25) is 5.91 Å². The molecule has 1 unspecified atom stereocenters. The molecule has 0 spiro atoms. The van der Waals surface area contributed by atoms with Crippen molar-refractivity contribution in [2.24, 2.45) is 5.92 Å². The first-order chi connectivity index (χ1) is 8.58. The summed E-state index contributed by atoms with van der Waals surface area (Å²) in [7, 11) is 1.88. The largest absolute Gasteiger partial charge is 0.393 e. The van der Waals surface area contributed by atoms with Crippen molar-refractivity contribution in [3.63, 3.8) is 0 Å². The van der Waals surface area contributed by atoms with E-state index in [0.717, 1.165) is 45.6 Å². The normalized spacial score (nSPS) is 30.6. The lowest BCUT2D eigenvalue weighted by molar-refractivity contribution is -0.136. The summed E-state index contributed by atoms with van der Waals surface area (Å²) in [6.45, 7) is 6.62. The highest BCUT2D eigenvalue weighted by molar-refractivity contribution is 5.81. The molecule has 1 aliphatic carbocycles. The summed E-state index contributed by atoms with van der Waals surface area (Å²) < 4.78 is 0. The Morgan fingerprint density at radius 2 is 2.06 bits per heavy atom. The van der Waals surface area contributed by atoms with E-state index in [9.17, 15) is 9.90 Å². The van der Waals surface area contributed by atoms with Gasteiger partial charge in [0.05, 0.1) is 12.1 Å². The number of carbonyl (C=O) groups excluding carboxylic acids is 1. The summed E-state index contributed by atoms with van der Waals surface area (Å²) in [6.07, 6.45) is 1.56. The fraction of sp³-hybridized carbons (Fsp3) is 0.923. The number of amides is 1. The molecule has 1 aliphatic heterocycles. The Bertz CT molecular complexity index is 286. The van der Waals surface area contributed by atoms with Crippen molar-refractivity contribution in [2.45, 2.75) is 31.9 Å². The second kappa shape index (κ2) is 5.99. The molecular weight excluding hydrogens is 230 g/mol. The van der Waals surface area contributed by atoms with Crippen LogP contribution in [-0.2, 0) is 4.79 Å². The third kappa shape index (κ3) is 3.22. The minimum absolute atomic E-state index is 0.0258. The fourth-order valence-corrected chi connectivity index (χ4v) is 2.87. The molecular formula is C13H25N3O2. The SMILES string of the molecule is CC(C(=O)N(C)CC1CC(O)C1)N1CCNCC1. The molecule has 1 heterocycles. The zero-order valence-corrected chi connectivity index (χ0v) is 11.4. The number of aliphatic hydroxyl groups excluding tert-OH is 1.